The van der Waals surface area contributed by atoms with E-state index in [1.165, 1.54) is 18.2 Å². The molecule has 2 rings (SSSR count). The molecule has 0 amide bonds. The summed E-state index contributed by atoms with van der Waals surface area (Å²) in [6, 6.07) is 11.6. The van der Waals surface area contributed by atoms with Crippen molar-refractivity contribution in [1.82, 2.24) is 5.32 Å². The van der Waals surface area contributed by atoms with Crippen molar-refractivity contribution < 1.29 is 13.9 Å². The lowest BCUT2D eigenvalue weighted by molar-refractivity contribution is 0.354. The van der Waals surface area contributed by atoms with Gasteiger partial charge in [0.05, 0.1) is 32.4 Å². The lowest BCUT2D eigenvalue weighted by Crippen LogP contribution is -2.31. The molecular weight excluding hydrogens is 450 g/mol. The zero-order valence-electron chi connectivity index (χ0n) is 14.5. The zero-order chi connectivity index (χ0) is 18.2. The number of ether oxygens (including phenoxy) is 2. The van der Waals surface area contributed by atoms with Crippen molar-refractivity contribution in [3.63, 3.8) is 0 Å². The van der Waals surface area contributed by atoms with Gasteiger partial charge in [0.2, 0.25) is 0 Å². The number of hydrogen-bond acceptors (Lipinski definition) is 4. The second-order valence-electron chi connectivity index (χ2n) is 5.16. The second kappa shape index (κ2) is 10.5. The molecule has 0 atom stereocenters. The van der Waals surface area contributed by atoms with Gasteiger partial charge in [-0.3, -0.25) is 0 Å². The van der Waals surface area contributed by atoms with E-state index in [0.717, 1.165) is 5.56 Å². The molecule has 8 heteroatoms. The highest BCUT2D eigenvalue weighted by molar-refractivity contribution is 14.0. The summed E-state index contributed by atoms with van der Waals surface area (Å²) in [7, 11) is 3.13. The van der Waals surface area contributed by atoms with Crippen molar-refractivity contribution >= 4 is 29.9 Å². The molecule has 0 bridgehead atoms. The fourth-order valence-electron chi connectivity index (χ4n) is 2.18. The average Bonchev–Trinajstić information content (AvgIpc) is 2.65. The SMILES string of the molecule is COc1ccc(CN=C(N)NCc2cc(C#N)ccc2F)cc1OC.I. The van der Waals surface area contributed by atoms with Crippen molar-refractivity contribution in [2.75, 3.05) is 14.2 Å². The topological polar surface area (TPSA) is 92.7 Å². The van der Waals surface area contributed by atoms with Crippen LogP contribution in [-0.2, 0) is 13.1 Å². The second-order valence-corrected chi connectivity index (χ2v) is 5.16. The fourth-order valence-corrected chi connectivity index (χ4v) is 2.18. The van der Waals surface area contributed by atoms with Crippen LogP contribution in [-0.4, -0.2) is 20.2 Å². The average molecular weight is 470 g/mol. The Morgan fingerprint density at radius 1 is 1.19 bits per heavy atom. The number of nitriles is 1. The third-order valence-corrected chi connectivity index (χ3v) is 3.51. The molecule has 0 aliphatic heterocycles. The van der Waals surface area contributed by atoms with E-state index in [0.29, 0.717) is 29.2 Å². The smallest absolute Gasteiger partial charge is 0.189 e. The van der Waals surface area contributed by atoms with Crippen LogP contribution in [0.4, 0.5) is 4.39 Å². The molecule has 0 heterocycles. The molecule has 0 aliphatic rings. The van der Waals surface area contributed by atoms with Crippen LogP contribution < -0.4 is 20.5 Å². The molecule has 0 radical (unpaired) electrons. The standard InChI is InChI=1S/C18H19FN4O2.HI/c1-24-16-6-4-13(8-17(16)25-2)10-22-18(21)23-11-14-7-12(9-20)3-5-15(14)19;/h3-8H,10-11H2,1-2H3,(H3,21,22,23);1H. The lowest BCUT2D eigenvalue weighted by atomic mass is 10.1. The third-order valence-electron chi connectivity index (χ3n) is 3.51. The quantitative estimate of drug-likeness (QED) is 0.385. The Morgan fingerprint density at radius 2 is 1.92 bits per heavy atom. The summed E-state index contributed by atoms with van der Waals surface area (Å²) in [5.74, 6) is 1.02. The normalized spacial score (nSPS) is 10.5. The lowest BCUT2D eigenvalue weighted by Gasteiger charge is -2.09. The van der Waals surface area contributed by atoms with Gasteiger partial charge in [0.1, 0.15) is 5.82 Å². The summed E-state index contributed by atoms with van der Waals surface area (Å²) in [5, 5.41) is 11.7. The van der Waals surface area contributed by atoms with Gasteiger partial charge in [0, 0.05) is 12.1 Å². The Kier molecular flexibility index (Phi) is 8.64. The maximum Gasteiger partial charge on any atom is 0.189 e. The first-order valence-corrected chi connectivity index (χ1v) is 7.50. The molecule has 0 fully saturated rings. The summed E-state index contributed by atoms with van der Waals surface area (Å²) < 4.78 is 24.1. The Bertz CT molecular complexity index is 821. The highest BCUT2D eigenvalue weighted by atomic mass is 127. The van der Waals surface area contributed by atoms with Crippen LogP contribution in [0.3, 0.4) is 0 Å². The van der Waals surface area contributed by atoms with Crippen LogP contribution in [0, 0.1) is 17.1 Å². The number of nitrogens with zero attached hydrogens (tertiary/aromatic N) is 2. The van der Waals surface area contributed by atoms with Gasteiger partial charge < -0.3 is 20.5 Å². The molecule has 3 N–H and O–H groups in total. The van der Waals surface area contributed by atoms with Gasteiger partial charge in [-0.2, -0.15) is 5.26 Å². The van der Waals surface area contributed by atoms with E-state index in [2.05, 4.69) is 10.3 Å². The molecule has 0 spiro atoms. The number of rotatable bonds is 6. The molecule has 0 saturated carbocycles. The summed E-state index contributed by atoms with van der Waals surface area (Å²) in [6.45, 7) is 0.475. The van der Waals surface area contributed by atoms with E-state index >= 15 is 0 Å². The van der Waals surface area contributed by atoms with Gasteiger partial charge in [-0.1, -0.05) is 6.07 Å². The highest BCUT2D eigenvalue weighted by Gasteiger charge is 2.06. The summed E-state index contributed by atoms with van der Waals surface area (Å²) in [5.41, 5.74) is 7.44. The first kappa shape index (κ1) is 21.5. The third kappa shape index (κ3) is 5.77. The van der Waals surface area contributed by atoms with Gasteiger partial charge >= 0.3 is 0 Å². The number of nitrogens with one attached hydrogen (secondary N) is 1. The van der Waals surface area contributed by atoms with Crippen molar-refractivity contribution in [3.8, 4) is 17.6 Å². The van der Waals surface area contributed by atoms with Crippen LogP contribution in [0.5, 0.6) is 11.5 Å². The maximum absolute atomic E-state index is 13.7. The van der Waals surface area contributed by atoms with Crippen molar-refractivity contribution in [2.24, 2.45) is 10.7 Å². The van der Waals surface area contributed by atoms with E-state index in [9.17, 15) is 4.39 Å². The molecule has 0 unspecified atom stereocenters. The molecule has 138 valence electrons. The molecule has 6 nitrogen and oxygen atoms in total. The number of guanidine groups is 1. The van der Waals surface area contributed by atoms with Crippen LogP contribution in [0.1, 0.15) is 16.7 Å². The van der Waals surface area contributed by atoms with E-state index < -0.39 is 5.82 Å². The predicted molar refractivity (Wildman–Crippen MR) is 108 cm³/mol. The number of nitrogens with two attached hydrogens (primary N) is 1. The molecule has 0 aromatic heterocycles. The summed E-state index contributed by atoms with van der Waals surface area (Å²) >= 11 is 0. The van der Waals surface area contributed by atoms with Gasteiger partial charge in [0.15, 0.2) is 17.5 Å². The molecular formula is C18H20FIN4O2. The van der Waals surface area contributed by atoms with Gasteiger partial charge in [-0.05, 0) is 35.9 Å². The van der Waals surface area contributed by atoms with E-state index in [1.807, 2.05) is 18.2 Å². The van der Waals surface area contributed by atoms with E-state index in [-0.39, 0.29) is 36.5 Å². The molecule has 26 heavy (non-hydrogen) atoms. The van der Waals surface area contributed by atoms with Crippen LogP contribution in [0.25, 0.3) is 0 Å². The minimum Gasteiger partial charge on any atom is -0.493 e. The van der Waals surface area contributed by atoms with Crippen LogP contribution >= 0.6 is 24.0 Å². The van der Waals surface area contributed by atoms with Gasteiger partial charge in [0.25, 0.3) is 0 Å². The predicted octanol–water partition coefficient (Wildman–Crippen LogP) is 2.94. The fraction of sp³-hybridized carbons (Fsp3) is 0.222. The summed E-state index contributed by atoms with van der Waals surface area (Å²) in [6.07, 6.45) is 0. The van der Waals surface area contributed by atoms with Crippen LogP contribution in [0.15, 0.2) is 41.4 Å². The largest absolute Gasteiger partial charge is 0.493 e. The maximum atomic E-state index is 13.7. The Hall–Kier alpha value is -2.54. The monoisotopic (exact) mass is 470 g/mol. The minimum atomic E-state index is -0.404. The Balaban J connectivity index is 0.00000338. The van der Waals surface area contributed by atoms with E-state index in [1.54, 1.807) is 20.3 Å². The molecule has 0 saturated heterocycles. The molecule has 2 aromatic rings. The number of methoxy groups -OCH3 is 2. The van der Waals surface area contributed by atoms with Crippen molar-refractivity contribution in [1.29, 1.82) is 5.26 Å². The molecule has 0 aliphatic carbocycles. The number of halogens is 2. The number of aliphatic imine (C=N–C) groups is 1. The van der Waals surface area contributed by atoms with E-state index in [4.69, 9.17) is 20.5 Å². The van der Waals surface area contributed by atoms with Crippen molar-refractivity contribution in [3.05, 3.63) is 58.9 Å². The first-order valence-electron chi connectivity index (χ1n) is 7.50. The zero-order valence-corrected chi connectivity index (χ0v) is 16.8. The summed E-state index contributed by atoms with van der Waals surface area (Å²) in [4.78, 5) is 4.21. The number of benzene rings is 2. The minimum absolute atomic E-state index is 0. The van der Waals surface area contributed by atoms with Crippen molar-refractivity contribution in [2.45, 2.75) is 13.1 Å². The van der Waals surface area contributed by atoms with Gasteiger partial charge in [-0.25, -0.2) is 9.38 Å². The number of hydrogen-bond donors (Lipinski definition) is 2. The highest BCUT2D eigenvalue weighted by Crippen LogP contribution is 2.27. The van der Waals surface area contributed by atoms with Crippen LogP contribution in [0.2, 0.25) is 0 Å². The first-order chi connectivity index (χ1) is 12.1. The molecule has 2 aromatic carbocycles. The Labute approximate surface area is 168 Å². The Morgan fingerprint density at radius 3 is 2.58 bits per heavy atom. The van der Waals surface area contributed by atoms with Gasteiger partial charge in [-0.15, -0.1) is 24.0 Å².